The molecule has 6 heteroatoms. The number of likely N-dealkylation sites (tertiary alicyclic amines) is 1. The van der Waals surface area contributed by atoms with Crippen LogP contribution < -0.4 is 4.74 Å². The summed E-state index contributed by atoms with van der Waals surface area (Å²) in [6, 6.07) is 7.69. The van der Waals surface area contributed by atoms with Gasteiger partial charge in [-0.3, -0.25) is 9.48 Å². The number of hydrogen-bond donors (Lipinski definition) is 0. The Morgan fingerprint density at radius 3 is 2.67 bits per heavy atom. The molecule has 1 fully saturated rings. The molecule has 5 nitrogen and oxygen atoms in total. The van der Waals surface area contributed by atoms with Crippen molar-refractivity contribution in [2.24, 2.45) is 7.05 Å². The first-order valence-corrected chi connectivity index (χ1v) is 8.53. The van der Waals surface area contributed by atoms with Gasteiger partial charge >= 0.3 is 0 Å². The monoisotopic (exact) mass is 347 g/mol. The van der Waals surface area contributed by atoms with E-state index in [0.717, 1.165) is 36.2 Å². The van der Waals surface area contributed by atoms with Crippen molar-refractivity contribution in [1.82, 2.24) is 14.7 Å². The molecule has 1 atom stereocenters. The fourth-order valence-corrected chi connectivity index (χ4v) is 3.55. The van der Waals surface area contributed by atoms with Gasteiger partial charge in [0.2, 0.25) is 0 Å². The van der Waals surface area contributed by atoms with E-state index in [1.165, 1.54) is 0 Å². The first kappa shape index (κ1) is 16.8. The molecule has 1 aliphatic heterocycles. The summed E-state index contributed by atoms with van der Waals surface area (Å²) >= 11 is 6.38. The van der Waals surface area contributed by atoms with Crippen LogP contribution in [-0.4, -0.2) is 33.7 Å². The third kappa shape index (κ3) is 3.26. The Balaban J connectivity index is 1.70. The minimum atomic E-state index is -0.0163. The third-order valence-electron chi connectivity index (χ3n) is 4.49. The lowest BCUT2D eigenvalue weighted by Crippen LogP contribution is -2.34. The van der Waals surface area contributed by atoms with Crippen LogP contribution in [0.2, 0.25) is 5.15 Å². The van der Waals surface area contributed by atoms with Crippen molar-refractivity contribution in [2.75, 3.05) is 13.2 Å². The standard InChI is InChI=1S/C18H22ClN3O2/c1-12-6-8-14(9-7-12)24-11-16(23)22-10-4-5-15(22)17-13(2)20-21(3)18(17)19/h6-9,15H,4-5,10-11H2,1-3H3/t15-/m0/s1. The Morgan fingerprint density at radius 1 is 1.33 bits per heavy atom. The summed E-state index contributed by atoms with van der Waals surface area (Å²) in [4.78, 5) is 14.5. The molecule has 0 spiro atoms. The van der Waals surface area contributed by atoms with Gasteiger partial charge in [-0.25, -0.2) is 0 Å². The Morgan fingerprint density at radius 2 is 2.04 bits per heavy atom. The number of halogens is 1. The molecule has 0 aliphatic carbocycles. The van der Waals surface area contributed by atoms with Crippen molar-refractivity contribution in [3.05, 3.63) is 46.2 Å². The topological polar surface area (TPSA) is 47.4 Å². The highest BCUT2D eigenvalue weighted by molar-refractivity contribution is 6.30. The third-order valence-corrected chi connectivity index (χ3v) is 4.93. The van der Waals surface area contributed by atoms with E-state index in [0.29, 0.717) is 10.9 Å². The van der Waals surface area contributed by atoms with Gasteiger partial charge in [-0.1, -0.05) is 29.3 Å². The van der Waals surface area contributed by atoms with E-state index >= 15 is 0 Å². The second-order valence-corrected chi connectivity index (χ2v) is 6.62. The second-order valence-electron chi connectivity index (χ2n) is 6.26. The number of rotatable bonds is 4. The minimum Gasteiger partial charge on any atom is -0.484 e. The van der Waals surface area contributed by atoms with E-state index in [1.807, 2.05) is 50.1 Å². The maximum atomic E-state index is 12.6. The van der Waals surface area contributed by atoms with Crippen LogP contribution in [0.3, 0.4) is 0 Å². The Hall–Kier alpha value is -2.01. The van der Waals surface area contributed by atoms with Gasteiger partial charge in [-0.2, -0.15) is 5.10 Å². The largest absolute Gasteiger partial charge is 0.484 e. The SMILES string of the molecule is Cc1ccc(OCC(=O)N2CCC[C@H]2c2c(C)nn(C)c2Cl)cc1. The molecule has 2 aromatic rings. The van der Waals surface area contributed by atoms with Crippen LogP contribution in [0.1, 0.15) is 35.7 Å². The van der Waals surface area contributed by atoms with E-state index in [4.69, 9.17) is 16.3 Å². The summed E-state index contributed by atoms with van der Waals surface area (Å²) in [6.45, 7) is 4.72. The second kappa shape index (κ2) is 6.85. The van der Waals surface area contributed by atoms with Crippen LogP contribution in [0.25, 0.3) is 0 Å². The number of nitrogens with zero attached hydrogens (tertiary/aromatic N) is 3. The maximum absolute atomic E-state index is 12.6. The fourth-order valence-electron chi connectivity index (χ4n) is 3.25. The number of ether oxygens (including phenoxy) is 1. The molecule has 1 amide bonds. The highest BCUT2D eigenvalue weighted by atomic mass is 35.5. The van der Waals surface area contributed by atoms with Crippen LogP contribution in [-0.2, 0) is 11.8 Å². The van der Waals surface area contributed by atoms with Gasteiger partial charge < -0.3 is 9.64 Å². The zero-order valence-corrected chi connectivity index (χ0v) is 15.0. The molecule has 0 radical (unpaired) electrons. The number of aryl methyl sites for hydroxylation is 3. The first-order chi connectivity index (χ1) is 11.5. The molecule has 128 valence electrons. The fraction of sp³-hybridized carbons (Fsp3) is 0.444. The van der Waals surface area contributed by atoms with Crippen LogP contribution in [0.4, 0.5) is 0 Å². The van der Waals surface area contributed by atoms with Gasteiger partial charge in [0.15, 0.2) is 6.61 Å². The molecule has 0 N–H and O–H groups in total. The highest BCUT2D eigenvalue weighted by Crippen LogP contribution is 2.37. The average Bonchev–Trinajstić information content (AvgIpc) is 3.11. The maximum Gasteiger partial charge on any atom is 0.261 e. The molecule has 2 heterocycles. The van der Waals surface area contributed by atoms with Gasteiger partial charge in [-0.05, 0) is 38.8 Å². The summed E-state index contributed by atoms with van der Waals surface area (Å²) in [5, 5.41) is 4.97. The van der Waals surface area contributed by atoms with Crippen LogP contribution in [0, 0.1) is 13.8 Å². The van der Waals surface area contributed by atoms with Crippen LogP contribution >= 0.6 is 11.6 Å². The Bertz CT molecular complexity index is 739. The minimum absolute atomic E-state index is 0.0136. The zero-order chi connectivity index (χ0) is 17.3. The molecule has 24 heavy (non-hydrogen) atoms. The molecule has 0 bridgehead atoms. The van der Waals surface area contributed by atoms with Gasteiger partial charge in [0.1, 0.15) is 10.9 Å². The van der Waals surface area contributed by atoms with Crippen LogP contribution in [0.15, 0.2) is 24.3 Å². The molecular formula is C18H22ClN3O2. The number of hydrogen-bond acceptors (Lipinski definition) is 3. The van der Waals surface area contributed by atoms with Crippen molar-refractivity contribution in [3.8, 4) is 5.75 Å². The number of amides is 1. The summed E-state index contributed by atoms with van der Waals surface area (Å²) in [5.74, 6) is 0.692. The van der Waals surface area contributed by atoms with E-state index in [-0.39, 0.29) is 18.6 Å². The number of aromatic nitrogens is 2. The Labute approximate surface area is 147 Å². The van der Waals surface area contributed by atoms with Crippen molar-refractivity contribution in [2.45, 2.75) is 32.7 Å². The molecule has 3 rings (SSSR count). The number of carbonyl (C=O) groups is 1. The summed E-state index contributed by atoms with van der Waals surface area (Å²) in [7, 11) is 1.82. The van der Waals surface area contributed by atoms with Crippen molar-refractivity contribution in [3.63, 3.8) is 0 Å². The predicted octanol–water partition coefficient (Wildman–Crippen LogP) is 3.43. The lowest BCUT2D eigenvalue weighted by molar-refractivity contribution is -0.134. The van der Waals surface area contributed by atoms with Gasteiger partial charge in [-0.15, -0.1) is 0 Å². The molecule has 1 saturated heterocycles. The molecule has 0 unspecified atom stereocenters. The predicted molar refractivity (Wildman–Crippen MR) is 93.3 cm³/mol. The molecule has 1 aromatic heterocycles. The van der Waals surface area contributed by atoms with Crippen LogP contribution in [0.5, 0.6) is 5.75 Å². The number of carbonyl (C=O) groups excluding carboxylic acids is 1. The quantitative estimate of drug-likeness (QED) is 0.851. The van der Waals surface area contributed by atoms with Crippen molar-refractivity contribution >= 4 is 17.5 Å². The molecular weight excluding hydrogens is 326 g/mol. The normalized spacial score (nSPS) is 17.3. The van der Waals surface area contributed by atoms with E-state index in [9.17, 15) is 4.79 Å². The lowest BCUT2D eigenvalue weighted by Gasteiger charge is -2.25. The Kier molecular flexibility index (Phi) is 4.81. The van der Waals surface area contributed by atoms with Crippen molar-refractivity contribution < 1.29 is 9.53 Å². The smallest absolute Gasteiger partial charge is 0.261 e. The van der Waals surface area contributed by atoms with E-state index < -0.39 is 0 Å². The van der Waals surface area contributed by atoms with Gasteiger partial charge in [0.05, 0.1) is 11.7 Å². The average molecular weight is 348 g/mol. The summed E-state index contributed by atoms with van der Waals surface area (Å²) in [6.07, 6.45) is 1.87. The molecule has 1 aliphatic rings. The van der Waals surface area contributed by atoms with Crippen molar-refractivity contribution in [1.29, 1.82) is 0 Å². The zero-order valence-electron chi connectivity index (χ0n) is 14.3. The molecule has 1 aromatic carbocycles. The van der Waals surface area contributed by atoms with E-state index in [2.05, 4.69) is 5.10 Å². The van der Waals surface area contributed by atoms with Gasteiger partial charge in [0.25, 0.3) is 5.91 Å². The van der Waals surface area contributed by atoms with Gasteiger partial charge in [0, 0.05) is 19.2 Å². The molecule has 0 saturated carbocycles. The highest BCUT2D eigenvalue weighted by Gasteiger charge is 2.34. The van der Waals surface area contributed by atoms with E-state index in [1.54, 1.807) is 4.68 Å². The summed E-state index contributed by atoms with van der Waals surface area (Å²) < 4.78 is 7.30. The lowest BCUT2D eigenvalue weighted by atomic mass is 10.1. The first-order valence-electron chi connectivity index (χ1n) is 8.15. The number of benzene rings is 1. The summed E-state index contributed by atoms with van der Waals surface area (Å²) in [5.41, 5.74) is 3.00.